The Hall–Kier alpha value is -3.18. The average molecular weight is 721 g/mol. The van der Waals surface area contributed by atoms with Crippen LogP contribution in [0.25, 0.3) is 0 Å². The van der Waals surface area contributed by atoms with Crippen molar-refractivity contribution in [1.82, 2.24) is 31.9 Å². The molecular weight excluding hydrogens is 648 g/mol. The maximum Gasteiger partial charge on any atom is 0.239 e. The molecule has 1 fully saturated rings. The predicted octanol–water partition coefficient (Wildman–Crippen LogP) is 4.80. The molecule has 12 nitrogen and oxygen atoms in total. The molecule has 6 amide bonds. The van der Waals surface area contributed by atoms with E-state index in [4.69, 9.17) is 0 Å². The highest BCUT2D eigenvalue weighted by Gasteiger charge is 2.39. The van der Waals surface area contributed by atoms with Crippen LogP contribution in [0.15, 0.2) is 0 Å². The Bertz CT molecular complexity index is 879. The van der Waals surface area contributed by atoms with E-state index in [9.17, 15) is 28.8 Å². The minimum atomic E-state index is -0.681. The monoisotopic (exact) mass is 721 g/mol. The number of rotatable bonds is 30. The van der Waals surface area contributed by atoms with Crippen LogP contribution in [0, 0.1) is 17.8 Å². The highest BCUT2D eigenvalue weighted by atomic mass is 16.2. The summed E-state index contributed by atoms with van der Waals surface area (Å²) in [6.07, 6.45) is 20.6. The van der Waals surface area contributed by atoms with Gasteiger partial charge in [0.05, 0.1) is 19.6 Å². The van der Waals surface area contributed by atoms with Gasteiger partial charge in [-0.25, -0.2) is 0 Å². The molecule has 0 atom stereocenters. The molecule has 1 aliphatic carbocycles. The van der Waals surface area contributed by atoms with Crippen molar-refractivity contribution in [3.8, 4) is 0 Å². The van der Waals surface area contributed by atoms with Crippen LogP contribution in [-0.2, 0) is 28.8 Å². The molecule has 51 heavy (non-hydrogen) atoms. The average Bonchev–Trinajstić information content (AvgIpc) is 3.13. The first-order valence-corrected chi connectivity index (χ1v) is 20.3. The van der Waals surface area contributed by atoms with E-state index in [2.05, 4.69) is 52.7 Å². The summed E-state index contributed by atoms with van der Waals surface area (Å²) < 4.78 is 0. The molecule has 12 heteroatoms. The number of carbonyl (C=O) groups is 6. The summed E-state index contributed by atoms with van der Waals surface area (Å²) in [6, 6.07) is 0. The van der Waals surface area contributed by atoms with Crippen LogP contribution in [0.1, 0.15) is 156 Å². The highest BCUT2D eigenvalue weighted by Crippen LogP contribution is 2.34. The zero-order valence-corrected chi connectivity index (χ0v) is 32.3. The quantitative estimate of drug-likeness (QED) is 0.0582. The minimum absolute atomic E-state index is 0.184. The van der Waals surface area contributed by atoms with Gasteiger partial charge in [-0.05, 0) is 38.5 Å². The Labute approximate surface area is 308 Å². The number of carbonyl (C=O) groups excluding carboxylic acids is 6. The third-order valence-corrected chi connectivity index (χ3v) is 9.65. The summed E-state index contributed by atoms with van der Waals surface area (Å²) in [6.45, 7) is 7.61. The SMILES string of the molecule is CCCCCCCCNC(=O)CNC(=O)C1CC(C(=O)NCC(=O)NCCCCCCCC)CC(C(=O)NCC(=O)NCCCCCCCC)C1. The van der Waals surface area contributed by atoms with Gasteiger partial charge in [-0.1, -0.05) is 117 Å². The summed E-state index contributed by atoms with van der Waals surface area (Å²) in [7, 11) is 0. The maximum atomic E-state index is 13.2. The summed E-state index contributed by atoms with van der Waals surface area (Å²) in [4.78, 5) is 76.8. The largest absolute Gasteiger partial charge is 0.355 e. The van der Waals surface area contributed by atoms with E-state index in [0.29, 0.717) is 19.6 Å². The standard InChI is InChI=1S/C39H72N6O6/c1-4-7-10-13-16-19-22-40-34(46)28-43-37(49)31-25-32(38(50)44-29-35(47)41-23-20-17-14-11-8-5-2)27-33(26-31)39(51)45-30-36(48)42-24-21-18-15-12-9-6-3/h31-33H,4-30H2,1-3H3,(H,40,46)(H,41,47)(H,42,48)(H,43,49)(H,44,50)(H,45,51). The van der Waals surface area contributed by atoms with Gasteiger partial charge in [0, 0.05) is 37.4 Å². The molecule has 0 spiro atoms. The third-order valence-electron chi connectivity index (χ3n) is 9.65. The fourth-order valence-corrected chi connectivity index (χ4v) is 6.48. The predicted molar refractivity (Wildman–Crippen MR) is 203 cm³/mol. The first kappa shape index (κ1) is 45.8. The van der Waals surface area contributed by atoms with E-state index in [1.807, 2.05) is 0 Å². The third kappa shape index (κ3) is 23.8. The number of hydrogen-bond donors (Lipinski definition) is 6. The Morgan fingerprint density at radius 1 is 0.353 bits per heavy atom. The Kier molecular flexibility index (Phi) is 27.4. The second-order valence-electron chi connectivity index (χ2n) is 14.3. The molecule has 1 saturated carbocycles. The van der Waals surface area contributed by atoms with Gasteiger partial charge in [0.2, 0.25) is 35.4 Å². The van der Waals surface area contributed by atoms with E-state index in [-0.39, 0.29) is 56.6 Å². The number of amides is 6. The number of nitrogens with one attached hydrogen (secondary N) is 6. The molecule has 0 unspecified atom stereocenters. The molecule has 6 N–H and O–H groups in total. The van der Waals surface area contributed by atoms with E-state index < -0.39 is 35.5 Å². The second kappa shape index (κ2) is 30.4. The fraction of sp³-hybridized carbons (Fsp3) is 0.846. The first-order valence-electron chi connectivity index (χ1n) is 20.3. The maximum absolute atomic E-state index is 13.2. The molecule has 0 aromatic heterocycles. The summed E-state index contributed by atoms with van der Waals surface area (Å²) >= 11 is 0. The van der Waals surface area contributed by atoms with E-state index in [0.717, 1.165) is 57.8 Å². The van der Waals surface area contributed by atoms with Crippen molar-refractivity contribution in [3.63, 3.8) is 0 Å². The molecule has 0 heterocycles. The van der Waals surface area contributed by atoms with Gasteiger partial charge < -0.3 is 31.9 Å². The van der Waals surface area contributed by atoms with Gasteiger partial charge in [0.15, 0.2) is 0 Å². The lowest BCUT2D eigenvalue weighted by Gasteiger charge is -2.32. The van der Waals surface area contributed by atoms with Crippen LogP contribution in [0.3, 0.4) is 0 Å². The zero-order chi connectivity index (χ0) is 37.5. The summed E-state index contributed by atoms with van der Waals surface area (Å²) in [5.74, 6) is -4.07. The van der Waals surface area contributed by atoms with Crippen molar-refractivity contribution in [2.24, 2.45) is 17.8 Å². The van der Waals surface area contributed by atoms with Crippen molar-refractivity contribution < 1.29 is 28.8 Å². The van der Waals surface area contributed by atoms with Crippen molar-refractivity contribution >= 4 is 35.4 Å². The lowest BCUT2D eigenvalue weighted by Crippen LogP contribution is -2.48. The normalized spacial score (nSPS) is 16.9. The van der Waals surface area contributed by atoms with Gasteiger partial charge in [-0.3, -0.25) is 28.8 Å². The molecule has 0 aromatic rings. The van der Waals surface area contributed by atoms with Gasteiger partial charge in [0.1, 0.15) is 0 Å². The van der Waals surface area contributed by atoms with E-state index in [1.54, 1.807) is 0 Å². The van der Waals surface area contributed by atoms with Crippen molar-refractivity contribution in [2.75, 3.05) is 39.3 Å². The van der Waals surface area contributed by atoms with Crippen molar-refractivity contribution in [1.29, 1.82) is 0 Å². The molecule has 0 aromatic carbocycles. The van der Waals surface area contributed by atoms with Crippen LogP contribution >= 0.6 is 0 Å². The Morgan fingerprint density at radius 2 is 0.588 bits per heavy atom. The lowest BCUT2D eigenvalue weighted by atomic mass is 9.74. The van der Waals surface area contributed by atoms with Crippen LogP contribution in [0.4, 0.5) is 0 Å². The van der Waals surface area contributed by atoms with Gasteiger partial charge in [-0.15, -0.1) is 0 Å². The Morgan fingerprint density at radius 3 is 0.843 bits per heavy atom. The number of hydrogen-bond acceptors (Lipinski definition) is 6. The Balaban J connectivity index is 2.65. The molecule has 1 aliphatic rings. The zero-order valence-electron chi connectivity index (χ0n) is 32.3. The summed E-state index contributed by atoms with van der Waals surface area (Å²) in [5.41, 5.74) is 0. The molecule has 0 saturated heterocycles. The smallest absolute Gasteiger partial charge is 0.239 e. The molecular formula is C39H72N6O6. The van der Waals surface area contributed by atoms with Crippen LogP contribution in [0.5, 0.6) is 0 Å². The van der Waals surface area contributed by atoms with Crippen LogP contribution < -0.4 is 31.9 Å². The lowest BCUT2D eigenvalue weighted by molar-refractivity contribution is -0.137. The highest BCUT2D eigenvalue weighted by molar-refractivity contribution is 5.90. The molecule has 0 aliphatic heterocycles. The molecule has 294 valence electrons. The van der Waals surface area contributed by atoms with E-state index >= 15 is 0 Å². The van der Waals surface area contributed by atoms with Gasteiger partial charge in [0.25, 0.3) is 0 Å². The van der Waals surface area contributed by atoms with Gasteiger partial charge in [-0.2, -0.15) is 0 Å². The first-order chi connectivity index (χ1) is 24.7. The van der Waals surface area contributed by atoms with Crippen molar-refractivity contribution in [2.45, 2.75) is 156 Å². The fourth-order valence-electron chi connectivity index (χ4n) is 6.48. The van der Waals surface area contributed by atoms with Gasteiger partial charge >= 0.3 is 0 Å². The second-order valence-corrected chi connectivity index (χ2v) is 14.3. The summed E-state index contributed by atoms with van der Waals surface area (Å²) in [5, 5.41) is 16.6. The molecule has 1 rings (SSSR count). The molecule has 0 bridgehead atoms. The topological polar surface area (TPSA) is 175 Å². The van der Waals surface area contributed by atoms with E-state index in [1.165, 1.54) is 57.8 Å². The van der Waals surface area contributed by atoms with Crippen LogP contribution in [0.2, 0.25) is 0 Å². The van der Waals surface area contributed by atoms with Crippen molar-refractivity contribution in [3.05, 3.63) is 0 Å². The number of unbranched alkanes of at least 4 members (excludes halogenated alkanes) is 15. The minimum Gasteiger partial charge on any atom is -0.355 e. The van der Waals surface area contributed by atoms with Crippen LogP contribution in [-0.4, -0.2) is 74.7 Å². The molecule has 0 radical (unpaired) electrons.